The Morgan fingerprint density at radius 1 is 1.55 bits per heavy atom. The quantitative estimate of drug-likeness (QED) is 0.693. The Balaban J connectivity index is 2.93. The highest BCUT2D eigenvalue weighted by molar-refractivity contribution is 7.12. The zero-order chi connectivity index (χ0) is 8.43. The van der Waals surface area contributed by atoms with Gasteiger partial charge in [-0.15, -0.1) is 11.3 Å². The molecule has 0 aliphatic heterocycles. The van der Waals surface area contributed by atoms with Crippen molar-refractivity contribution in [3.63, 3.8) is 0 Å². The standard InChI is InChI=1S/C8H13NOS/c1-5-4-8(6(2)10-9)7(3)11-5/h4,6H,9H2,1-3H3. The highest BCUT2D eigenvalue weighted by Crippen LogP contribution is 2.26. The van der Waals surface area contributed by atoms with Crippen LogP contribution in [-0.4, -0.2) is 0 Å². The predicted octanol–water partition coefficient (Wildman–Crippen LogP) is 2.32. The van der Waals surface area contributed by atoms with Crippen molar-refractivity contribution in [3.8, 4) is 0 Å². The molecule has 2 nitrogen and oxygen atoms in total. The van der Waals surface area contributed by atoms with Gasteiger partial charge >= 0.3 is 0 Å². The summed E-state index contributed by atoms with van der Waals surface area (Å²) in [6.45, 7) is 6.13. The third kappa shape index (κ3) is 1.80. The highest BCUT2D eigenvalue weighted by atomic mass is 32.1. The third-order valence-corrected chi connectivity index (χ3v) is 2.70. The lowest BCUT2D eigenvalue weighted by Crippen LogP contribution is -2.05. The van der Waals surface area contributed by atoms with Crippen LogP contribution in [0.3, 0.4) is 0 Å². The third-order valence-electron chi connectivity index (χ3n) is 1.72. The van der Waals surface area contributed by atoms with Crippen molar-refractivity contribution in [1.82, 2.24) is 0 Å². The monoisotopic (exact) mass is 171 g/mol. The van der Waals surface area contributed by atoms with Crippen molar-refractivity contribution >= 4 is 11.3 Å². The second-order valence-corrected chi connectivity index (χ2v) is 4.11. The summed E-state index contributed by atoms with van der Waals surface area (Å²) in [5.74, 6) is 5.09. The Morgan fingerprint density at radius 3 is 2.55 bits per heavy atom. The lowest BCUT2D eigenvalue weighted by Gasteiger charge is -2.06. The zero-order valence-corrected chi connectivity index (χ0v) is 7.87. The van der Waals surface area contributed by atoms with E-state index in [1.165, 1.54) is 15.3 Å². The molecule has 0 amide bonds. The Labute approximate surface area is 70.9 Å². The number of aryl methyl sites for hydroxylation is 2. The van der Waals surface area contributed by atoms with E-state index in [-0.39, 0.29) is 6.10 Å². The molecule has 2 N–H and O–H groups in total. The predicted molar refractivity (Wildman–Crippen MR) is 47.5 cm³/mol. The van der Waals surface area contributed by atoms with Gasteiger partial charge in [-0.2, -0.15) is 0 Å². The molecule has 62 valence electrons. The van der Waals surface area contributed by atoms with Crippen molar-refractivity contribution < 1.29 is 4.84 Å². The topological polar surface area (TPSA) is 35.2 Å². The molecule has 11 heavy (non-hydrogen) atoms. The van der Waals surface area contributed by atoms with Crippen LogP contribution in [0.15, 0.2) is 6.07 Å². The van der Waals surface area contributed by atoms with Gasteiger partial charge in [0.1, 0.15) is 6.10 Å². The maximum absolute atomic E-state index is 5.09. The summed E-state index contributed by atoms with van der Waals surface area (Å²) in [4.78, 5) is 7.34. The van der Waals surface area contributed by atoms with Gasteiger partial charge in [-0.3, -0.25) is 4.84 Å². The molecule has 0 aliphatic rings. The van der Waals surface area contributed by atoms with Crippen LogP contribution in [0, 0.1) is 13.8 Å². The number of nitrogens with two attached hydrogens (primary N) is 1. The Hall–Kier alpha value is -0.380. The molecule has 0 aliphatic carbocycles. The average molecular weight is 171 g/mol. The van der Waals surface area contributed by atoms with Crippen molar-refractivity contribution in [1.29, 1.82) is 0 Å². The molecular formula is C8H13NOS. The SMILES string of the molecule is Cc1cc(C(C)ON)c(C)s1. The molecule has 3 heteroatoms. The minimum atomic E-state index is 0.0138. The summed E-state index contributed by atoms with van der Waals surface area (Å²) >= 11 is 1.78. The van der Waals surface area contributed by atoms with E-state index in [0.717, 1.165) is 0 Å². The largest absolute Gasteiger partial charge is 0.297 e. The molecule has 1 atom stereocenters. The van der Waals surface area contributed by atoms with Crippen molar-refractivity contribution in [3.05, 3.63) is 21.4 Å². The van der Waals surface area contributed by atoms with Crippen molar-refractivity contribution in [2.75, 3.05) is 0 Å². The lowest BCUT2D eigenvalue weighted by molar-refractivity contribution is 0.0663. The number of hydrogen-bond donors (Lipinski definition) is 1. The smallest absolute Gasteiger partial charge is 0.102 e. The summed E-state index contributed by atoms with van der Waals surface area (Å²) < 4.78 is 0. The molecule has 1 aromatic heterocycles. The summed E-state index contributed by atoms with van der Waals surface area (Å²) in [5.41, 5.74) is 1.20. The van der Waals surface area contributed by atoms with Gasteiger partial charge in [0.05, 0.1) is 0 Å². The van der Waals surface area contributed by atoms with Gasteiger partial charge in [0.15, 0.2) is 0 Å². The summed E-state index contributed by atoms with van der Waals surface area (Å²) in [5, 5.41) is 0. The first-order valence-corrected chi connectivity index (χ1v) is 4.39. The minimum absolute atomic E-state index is 0.0138. The van der Waals surface area contributed by atoms with Gasteiger partial charge < -0.3 is 0 Å². The molecule has 0 aromatic carbocycles. The molecule has 1 unspecified atom stereocenters. The highest BCUT2D eigenvalue weighted by Gasteiger charge is 2.09. The minimum Gasteiger partial charge on any atom is -0.297 e. The second-order valence-electron chi connectivity index (χ2n) is 2.65. The van der Waals surface area contributed by atoms with Gasteiger partial charge in [-0.1, -0.05) is 0 Å². The molecule has 0 radical (unpaired) electrons. The van der Waals surface area contributed by atoms with Crippen LogP contribution in [0.25, 0.3) is 0 Å². The maximum Gasteiger partial charge on any atom is 0.102 e. The van der Waals surface area contributed by atoms with Gasteiger partial charge in [0, 0.05) is 9.75 Å². The van der Waals surface area contributed by atoms with E-state index >= 15 is 0 Å². The van der Waals surface area contributed by atoms with Crippen LogP contribution in [0.4, 0.5) is 0 Å². The fraction of sp³-hybridized carbons (Fsp3) is 0.500. The van der Waals surface area contributed by atoms with Gasteiger partial charge in [-0.05, 0) is 32.4 Å². The fourth-order valence-electron chi connectivity index (χ4n) is 1.13. The van der Waals surface area contributed by atoms with E-state index in [0.29, 0.717) is 0 Å². The normalized spacial score (nSPS) is 13.5. The summed E-state index contributed by atoms with van der Waals surface area (Å²) in [6.07, 6.45) is 0.0138. The van der Waals surface area contributed by atoms with Gasteiger partial charge in [0.25, 0.3) is 0 Å². The van der Waals surface area contributed by atoms with E-state index in [2.05, 4.69) is 19.9 Å². The van der Waals surface area contributed by atoms with E-state index in [4.69, 9.17) is 10.7 Å². The van der Waals surface area contributed by atoms with Crippen LogP contribution >= 0.6 is 11.3 Å². The van der Waals surface area contributed by atoms with Crippen LogP contribution < -0.4 is 5.90 Å². The first kappa shape index (κ1) is 8.71. The molecule has 0 spiro atoms. The van der Waals surface area contributed by atoms with Gasteiger partial charge in [0.2, 0.25) is 0 Å². The Morgan fingerprint density at radius 2 is 2.18 bits per heavy atom. The molecule has 0 bridgehead atoms. The molecule has 0 saturated carbocycles. The first-order chi connectivity index (χ1) is 5.15. The Bertz CT molecular complexity index is 244. The van der Waals surface area contributed by atoms with Crippen molar-refractivity contribution in [2.24, 2.45) is 5.90 Å². The number of thiophene rings is 1. The van der Waals surface area contributed by atoms with E-state index in [1.54, 1.807) is 11.3 Å². The lowest BCUT2D eigenvalue weighted by atomic mass is 10.1. The van der Waals surface area contributed by atoms with Crippen LogP contribution in [0.5, 0.6) is 0 Å². The molecule has 0 saturated heterocycles. The zero-order valence-electron chi connectivity index (χ0n) is 7.05. The Kier molecular flexibility index (Phi) is 2.65. The van der Waals surface area contributed by atoms with Crippen LogP contribution in [0.2, 0.25) is 0 Å². The van der Waals surface area contributed by atoms with E-state index in [9.17, 15) is 0 Å². The van der Waals surface area contributed by atoms with Gasteiger partial charge in [-0.25, -0.2) is 5.90 Å². The molecule has 1 rings (SSSR count). The maximum atomic E-state index is 5.09. The van der Waals surface area contributed by atoms with Crippen molar-refractivity contribution in [2.45, 2.75) is 26.9 Å². The van der Waals surface area contributed by atoms with Crippen LogP contribution in [0.1, 0.15) is 28.3 Å². The second kappa shape index (κ2) is 3.34. The molecule has 1 heterocycles. The summed E-state index contributed by atoms with van der Waals surface area (Å²) in [6, 6.07) is 2.12. The fourth-order valence-corrected chi connectivity index (χ4v) is 2.14. The molecule has 1 aromatic rings. The number of rotatable bonds is 2. The molecular weight excluding hydrogens is 158 g/mol. The van der Waals surface area contributed by atoms with Crippen LogP contribution in [-0.2, 0) is 4.84 Å². The average Bonchev–Trinajstić information content (AvgIpc) is 2.28. The summed E-state index contributed by atoms with van der Waals surface area (Å²) in [7, 11) is 0. The molecule has 0 fully saturated rings. The first-order valence-electron chi connectivity index (χ1n) is 3.57. The van der Waals surface area contributed by atoms with E-state index in [1.807, 2.05) is 6.92 Å². The van der Waals surface area contributed by atoms with E-state index < -0.39 is 0 Å². The number of hydrogen-bond acceptors (Lipinski definition) is 3.